The molecule has 3 aliphatic heterocycles. The number of nitrogens with zero attached hydrogens (tertiary/aromatic N) is 1. The molecule has 3 aliphatic rings. The lowest BCUT2D eigenvalue weighted by Gasteiger charge is -2.43. The first-order valence-corrected chi connectivity index (χ1v) is 19.4. The third-order valence-corrected chi connectivity index (χ3v) is 10.6. The number of alkyl carbamates (subject to hydrolysis) is 1. The van der Waals surface area contributed by atoms with E-state index in [1.165, 1.54) is 18.2 Å². The van der Waals surface area contributed by atoms with Crippen molar-refractivity contribution in [2.24, 2.45) is 5.92 Å². The number of aromatic hydroxyl groups is 1. The molecule has 12 nitrogen and oxygen atoms in total. The van der Waals surface area contributed by atoms with E-state index in [9.17, 15) is 29.0 Å². The molecule has 0 radical (unpaired) electrons. The minimum absolute atomic E-state index is 0.0120. The van der Waals surface area contributed by atoms with Gasteiger partial charge in [0.15, 0.2) is 0 Å². The third kappa shape index (κ3) is 10.2. The van der Waals surface area contributed by atoms with Crippen LogP contribution in [0.4, 0.5) is 9.18 Å². The van der Waals surface area contributed by atoms with E-state index >= 15 is 0 Å². The Morgan fingerprint density at radius 2 is 1.74 bits per heavy atom. The number of aliphatic hydroxyl groups excluding tert-OH is 1. The Labute approximate surface area is 329 Å². The largest absolute Gasteiger partial charge is 0.506 e. The summed E-state index contributed by atoms with van der Waals surface area (Å²) in [5.41, 5.74) is 2.66. The number of unbranched alkanes of at least 4 members (excludes halogenated alkanes) is 1. The number of aliphatic hydroxyl groups is 1. The van der Waals surface area contributed by atoms with Crippen LogP contribution in [0, 0.1) is 11.7 Å². The van der Waals surface area contributed by atoms with Crippen LogP contribution in [-0.4, -0.2) is 77.6 Å². The number of amides is 1. The molecule has 3 saturated heterocycles. The maximum absolute atomic E-state index is 14.7. The number of benzene rings is 4. The van der Waals surface area contributed by atoms with Crippen LogP contribution in [-0.2, 0) is 16.1 Å². The Balaban J connectivity index is 0.883. The van der Waals surface area contributed by atoms with Crippen molar-refractivity contribution < 1.29 is 38.4 Å². The van der Waals surface area contributed by atoms with Gasteiger partial charge in [0.2, 0.25) is 5.56 Å². The first-order valence-electron chi connectivity index (χ1n) is 19.4. The average Bonchev–Trinajstić information content (AvgIpc) is 3.22. The van der Waals surface area contributed by atoms with Gasteiger partial charge in [-0.05, 0) is 116 Å². The summed E-state index contributed by atoms with van der Waals surface area (Å²) in [7, 11) is 0. The number of fused-ring (bicyclic) bond motifs is 4. The number of phenols is 1. The van der Waals surface area contributed by atoms with E-state index in [2.05, 4.69) is 20.5 Å². The SMILES string of the molecule is O=C(NC(c1ccccc1)c1cccc(OCc2cc(F)cc(C(=O)OCCCCNC[C@H](O)c3ccc(O)c4[nH]c(=O)ccc34)c2)c1)O[C@H]1CN2CCC1CC2. The fraction of sp³-hybridized carbons (Fsp3) is 0.341. The second kappa shape index (κ2) is 18.5. The summed E-state index contributed by atoms with van der Waals surface area (Å²) in [6.45, 7) is 3.75. The van der Waals surface area contributed by atoms with E-state index in [0.717, 1.165) is 49.7 Å². The second-order valence-electron chi connectivity index (χ2n) is 14.6. The number of esters is 1. The number of hydrogen-bond donors (Lipinski definition) is 5. The maximum atomic E-state index is 14.7. The van der Waals surface area contributed by atoms with Crippen LogP contribution in [0.3, 0.4) is 0 Å². The molecule has 8 rings (SSSR count). The van der Waals surface area contributed by atoms with Gasteiger partial charge in [0.05, 0.1) is 29.8 Å². The minimum atomic E-state index is -0.884. The molecule has 3 fully saturated rings. The Morgan fingerprint density at radius 3 is 2.53 bits per heavy atom. The van der Waals surface area contributed by atoms with Crippen LogP contribution in [0.1, 0.15) is 70.4 Å². The number of phenolic OH excluding ortho intramolecular Hbond substituents is 1. The van der Waals surface area contributed by atoms with Gasteiger partial charge in [0.1, 0.15) is 30.0 Å². The molecule has 13 heteroatoms. The van der Waals surface area contributed by atoms with Crippen LogP contribution in [0.5, 0.6) is 11.5 Å². The van der Waals surface area contributed by atoms with E-state index in [1.54, 1.807) is 24.3 Å². The number of carbonyl (C=O) groups is 2. The van der Waals surface area contributed by atoms with Crippen LogP contribution >= 0.6 is 0 Å². The van der Waals surface area contributed by atoms with Gasteiger partial charge in [-0.15, -0.1) is 0 Å². The van der Waals surface area contributed by atoms with Crippen LogP contribution in [0.15, 0.2) is 102 Å². The lowest BCUT2D eigenvalue weighted by molar-refractivity contribution is -0.0336. The fourth-order valence-corrected chi connectivity index (χ4v) is 7.64. The van der Waals surface area contributed by atoms with Crippen molar-refractivity contribution in [1.82, 2.24) is 20.5 Å². The van der Waals surface area contributed by atoms with Crippen LogP contribution < -0.4 is 20.9 Å². The van der Waals surface area contributed by atoms with Gasteiger partial charge in [-0.1, -0.05) is 48.5 Å². The zero-order valence-electron chi connectivity index (χ0n) is 31.5. The molecule has 5 aromatic rings. The summed E-state index contributed by atoms with van der Waals surface area (Å²) in [6.07, 6.45) is 1.78. The predicted octanol–water partition coefficient (Wildman–Crippen LogP) is 6.12. The van der Waals surface area contributed by atoms with E-state index in [4.69, 9.17) is 14.2 Å². The Morgan fingerprint density at radius 1 is 0.930 bits per heavy atom. The Kier molecular flexibility index (Phi) is 12.8. The van der Waals surface area contributed by atoms with Crippen molar-refractivity contribution in [3.8, 4) is 11.5 Å². The van der Waals surface area contributed by atoms with E-state index in [-0.39, 0.29) is 48.3 Å². The van der Waals surface area contributed by atoms with Crippen LogP contribution in [0.25, 0.3) is 10.9 Å². The third-order valence-electron chi connectivity index (χ3n) is 10.6. The summed E-state index contributed by atoms with van der Waals surface area (Å²) >= 11 is 0. The molecule has 1 aromatic heterocycles. The molecule has 4 aromatic carbocycles. The molecular formula is C44H47FN4O8. The molecule has 0 spiro atoms. The normalized spacial score (nSPS) is 18.5. The number of aromatic amines is 1. The zero-order chi connectivity index (χ0) is 39.7. The first kappa shape index (κ1) is 39.5. The van der Waals surface area contributed by atoms with Gasteiger partial charge in [0.25, 0.3) is 0 Å². The summed E-state index contributed by atoms with van der Waals surface area (Å²) in [5.74, 6) is -0.436. The topological polar surface area (TPSA) is 162 Å². The lowest BCUT2D eigenvalue weighted by Crippen LogP contribution is -2.52. The Bertz CT molecular complexity index is 2230. The molecule has 5 N–H and O–H groups in total. The van der Waals surface area contributed by atoms with Gasteiger partial charge in [-0.25, -0.2) is 14.0 Å². The highest BCUT2D eigenvalue weighted by molar-refractivity contribution is 5.89. The van der Waals surface area contributed by atoms with Crippen molar-refractivity contribution in [3.63, 3.8) is 0 Å². The minimum Gasteiger partial charge on any atom is -0.506 e. The van der Waals surface area contributed by atoms with Gasteiger partial charge in [0, 0.05) is 24.5 Å². The maximum Gasteiger partial charge on any atom is 0.408 e. The number of pyridine rings is 1. The molecule has 0 saturated carbocycles. The highest BCUT2D eigenvalue weighted by atomic mass is 19.1. The van der Waals surface area contributed by atoms with Gasteiger partial charge in [-0.2, -0.15) is 0 Å². The number of H-pyrrole nitrogens is 1. The molecule has 4 heterocycles. The summed E-state index contributed by atoms with van der Waals surface area (Å²) in [5, 5.41) is 27.6. The predicted molar refractivity (Wildman–Crippen MR) is 212 cm³/mol. The summed E-state index contributed by atoms with van der Waals surface area (Å²) in [4.78, 5) is 42.7. The lowest BCUT2D eigenvalue weighted by atomic mass is 9.86. The van der Waals surface area contributed by atoms with E-state index in [1.807, 2.05) is 48.5 Å². The zero-order valence-corrected chi connectivity index (χ0v) is 31.5. The standard InChI is InChI=1S/C44H47FN4O8/c45-33-22-28(21-32(23-33)43(53)55-20-5-4-17-46-25-38(51)35-11-13-37(50)42-36(35)12-14-40(52)47-42)27-56-34-10-6-9-31(24-34)41(30-7-2-1-3-8-30)48-44(54)57-39-26-49-18-15-29(39)16-19-49/h1-3,6-14,21-24,29,38-39,41,46,50-51H,4-5,15-20,25-27H2,(H,47,52)(H,48,54)/t38-,39-,41?/m0/s1. The number of hydrogen-bond acceptors (Lipinski definition) is 10. The number of piperidine rings is 3. The number of ether oxygens (including phenoxy) is 3. The number of rotatable bonds is 16. The van der Waals surface area contributed by atoms with E-state index < -0.39 is 30.0 Å². The van der Waals surface area contributed by atoms with Crippen molar-refractivity contribution in [2.45, 2.75) is 50.5 Å². The Hall–Kier alpha value is -5.76. The molecule has 2 bridgehead atoms. The molecule has 298 valence electrons. The molecule has 1 amide bonds. The van der Waals surface area contributed by atoms with Gasteiger partial charge >= 0.3 is 12.1 Å². The number of halogens is 1. The molecule has 1 unspecified atom stereocenters. The molecule has 3 atom stereocenters. The fourth-order valence-electron chi connectivity index (χ4n) is 7.64. The highest BCUT2D eigenvalue weighted by Gasteiger charge is 2.37. The highest BCUT2D eigenvalue weighted by Crippen LogP contribution is 2.31. The average molecular weight is 779 g/mol. The van der Waals surface area contributed by atoms with Crippen molar-refractivity contribution >= 4 is 23.0 Å². The van der Waals surface area contributed by atoms with E-state index in [0.29, 0.717) is 47.6 Å². The van der Waals surface area contributed by atoms with Crippen molar-refractivity contribution in [1.29, 1.82) is 0 Å². The first-order chi connectivity index (χ1) is 27.7. The van der Waals surface area contributed by atoms with Crippen molar-refractivity contribution in [2.75, 3.05) is 39.3 Å². The number of aromatic nitrogens is 1. The summed E-state index contributed by atoms with van der Waals surface area (Å²) < 4.78 is 32.1. The van der Waals surface area contributed by atoms with Gasteiger partial charge < -0.3 is 40.0 Å². The monoisotopic (exact) mass is 778 g/mol. The van der Waals surface area contributed by atoms with Gasteiger partial charge in [-0.3, -0.25) is 9.69 Å². The number of nitrogens with one attached hydrogen (secondary N) is 3. The molecule has 57 heavy (non-hydrogen) atoms. The van der Waals surface area contributed by atoms with Crippen molar-refractivity contribution in [3.05, 3.63) is 141 Å². The molecule has 0 aliphatic carbocycles. The second-order valence-corrected chi connectivity index (χ2v) is 14.6. The number of carbonyl (C=O) groups excluding carboxylic acids is 2. The molecular weight excluding hydrogens is 732 g/mol. The smallest absolute Gasteiger partial charge is 0.408 e. The quantitative estimate of drug-likeness (QED) is 0.0583. The van der Waals surface area contributed by atoms with Crippen LogP contribution in [0.2, 0.25) is 0 Å². The summed E-state index contributed by atoms with van der Waals surface area (Å²) in [6, 6.07) is 26.4.